The van der Waals surface area contributed by atoms with Gasteiger partial charge in [0.25, 0.3) is 0 Å². The van der Waals surface area contributed by atoms with Gasteiger partial charge in [0.1, 0.15) is 17.1 Å². The Balaban J connectivity index is 1.68. The van der Waals surface area contributed by atoms with Crippen molar-refractivity contribution in [2.24, 2.45) is 0 Å². The van der Waals surface area contributed by atoms with E-state index >= 15 is 0 Å². The van der Waals surface area contributed by atoms with E-state index in [-0.39, 0.29) is 6.61 Å². The topological polar surface area (TPSA) is 63.4 Å². The SMILES string of the molecule is COc1cccc2ccc(N3Cc4cnn(CCO)c4C3)nc12. The molecule has 6 nitrogen and oxygen atoms in total. The highest BCUT2D eigenvalue weighted by Crippen LogP contribution is 2.30. The van der Waals surface area contributed by atoms with Crippen molar-refractivity contribution < 1.29 is 9.84 Å². The molecule has 0 unspecified atom stereocenters. The number of hydrogen-bond acceptors (Lipinski definition) is 5. The molecule has 0 fully saturated rings. The van der Waals surface area contributed by atoms with Gasteiger partial charge in [-0.1, -0.05) is 12.1 Å². The maximum absolute atomic E-state index is 9.13. The molecule has 3 heterocycles. The van der Waals surface area contributed by atoms with E-state index in [2.05, 4.69) is 16.1 Å². The fourth-order valence-electron chi connectivity index (χ4n) is 3.11. The number of aliphatic hydroxyl groups is 1. The molecule has 0 amide bonds. The van der Waals surface area contributed by atoms with Crippen LogP contribution in [-0.2, 0) is 19.6 Å². The molecule has 0 radical (unpaired) electrons. The molecule has 118 valence electrons. The quantitative estimate of drug-likeness (QED) is 0.798. The first-order chi connectivity index (χ1) is 11.3. The highest BCUT2D eigenvalue weighted by molar-refractivity contribution is 5.86. The summed E-state index contributed by atoms with van der Waals surface area (Å²) in [5, 5.41) is 14.5. The maximum Gasteiger partial charge on any atom is 0.145 e. The summed E-state index contributed by atoms with van der Waals surface area (Å²) in [7, 11) is 1.66. The number of rotatable bonds is 4. The Morgan fingerprint density at radius 1 is 1.22 bits per heavy atom. The van der Waals surface area contributed by atoms with Crippen LogP contribution in [0.15, 0.2) is 36.5 Å². The molecular formula is C17H18N4O2. The lowest BCUT2D eigenvalue weighted by Gasteiger charge is -2.18. The number of benzene rings is 1. The minimum absolute atomic E-state index is 0.0968. The number of methoxy groups -OCH3 is 1. The first-order valence-electron chi connectivity index (χ1n) is 7.63. The van der Waals surface area contributed by atoms with Gasteiger partial charge < -0.3 is 14.7 Å². The molecule has 0 spiro atoms. The fraction of sp³-hybridized carbons (Fsp3) is 0.294. The van der Waals surface area contributed by atoms with Crippen molar-refractivity contribution in [2.45, 2.75) is 19.6 Å². The van der Waals surface area contributed by atoms with Crippen molar-refractivity contribution in [1.82, 2.24) is 14.8 Å². The van der Waals surface area contributed by atoms with E-state index in [9.17, 15) is 0 Å². The molecule has 3 aromatic rings. The molecule has 1 aromatic carbocycles. The Morgan fingerprint density at radius 3 is 2.96 bits per heavy atom. The van der Waals surface area contributed by atoms with Crippen molar-refractivity contribution in [1.29, 1.82) is 0 Å². The Morgan fingerprint density at radius 2 is 2.13 bits per heavy atom. The zero-order valence-corrected chi connectivity index (χ0v) is 12.9. The van der Waals surface area contributed by atoms with Gasteiger partial charge >= 0.3 is 0 Å². The number of hydrogen-bond donors (Lipinski definition) is 1. The van der Waals surface area contributed by atoms with Crippen LogP contribution in [0.1, 0.15) is 11.3 Å². The van der Waals surface area contributed by atoms with Gasteiger partial charge in [-0.05, 0) is 18.2 Å². The van der Waals surface area contributed by atoms with Crippen LogP contribution in [0.3, 0.4) is 0 Å². The van der Waals surface area contributed by atoms with E-state index in [1.165, 1.54) is 5.56 Å². The summed E-state index contributed by atoms with van der Waals surface area (Å²) in [4.78, 5) is 7.00. The van der Waals surface area contributed by atoms with E-state index in [0.29, 0.717) is 6.54 Å². The van der Waals surface area contributed by atoms with Gasteiger partial charge in [0.15, 0.2) is 0 Å². The number of aromatic nitrogens is 3. The summed E-state index contributed by atoms with van der Waals surface area (Å²) in [6.07, 6.45) is 1.88. The third-order valence-electron chi connectivity index (χ3n) is 4.26. The lowest BCUT2D eigenvalue weighted by Crippen LogP contribution is -2.18. The molecule has 0 bridgehead atoms. The zero-order valence-electron chi connectivity index (χ0n) is 12.9. The molecule has 1 N–H and O–H groups in total. The minimum Gasteiger partial charge on any atom is -0.494 e. The Bertz CT molecular complexity index is 859. The highest BCUT2D eigenvalue weighted by Gasteiger charge is 2.24. The average Bonchev–Trinajstić information content (AvgIpc) is 3.16. The number of para-hydroxylation sites is 1. The molecule has 0 atom stereocenters. The maximum atomic E-state index is 9.13. The van der Waals surface area contributed by atoms with Crippen LogP contribution in [0, 0.1) is 0 Å². The van der Waals surface area contributed by atoms with Gasteiger partial charge in [-0.3, -0.25) is 4.68 Å². The zero-order chi connectivity index (χ0) is 15.8. The molecular weight excluding hydrogens is 292 g/mol. The molecule has 2 aromatic heterocycles. The molecule has 4 rings (SSSR count). The standard InChI is InChI=1S/C17H18N4O2/c1-23-15-4-2-3-12-5-6-16(19-17(12)15)20-10-13-9-18-21(7-8-22)14(13)11-20/h2-6,9,22H,7-8,10-11H2,1H3. The summed E-state index contributed by atoms with van der Waals surface area (Å²) in [5.41, 5.74) is 3.22. The van der Waals surface area contributed by atoms with Crippen LogP contribution in [0.25, 0.3) is 10.9 Å². The average molecular weight is 310 g/mol. The minimum atomic E-state index is 0.0968. The van der Waals surface area contributed by atoms with Crippen LogP contribution in [-0.4, -0.2) is 33.6 Å². The van der Waals surface area contributed by atoms with Crippen LogP contribution < -0.4 is 9.64 Å². The monoisotopic (exact) mass is 310 g/mol. The first kappa shape index (κ1) is 14.0. The van der Waals surface area contributed by atoms with Gasteiger partial charge in [-0.15, -0.1) is 0 Å². The summed E-state index contributed by atoms with van der Waals surface area (Å²) in [6.45, 7) is 2.17. The molecule has 0 saturated carbocycles. The lowest BCUT2D eigenvalue weighted by atomic mass is 10.2. The number of nitrogens with zero attached hydrogens (tertiary/aromatic N) is 4. The van der Waals surface area contributed by atoms with Gasteiger partial charge in [0, 0.05) is 17.5 Å². The summed E-state index contributed by atoms with van der Waals surface area (Å²) in [6, 6.07) is 10.0. The molecule has 6 heteroatoms. The molecule has 1 aliphatic heterocycles. The Hall–Kier alpha value is -2.60. The third kappa shape index (κ3) is 2.31. The highest BCUT2D eigenvalue weighted by atomic mass is 16.5. The predicted molar refractivity (Wildman–Crippen MR) is 87.5 cm³/mol. The van der Waals surface area contributed by atoms with E-state index in [1.54, 1.807) is 7.11 Å². The van der Waals surface area contributed by atoms with E-state index in [4.69, 9.17) is 14.8 Å². The molecule has 23 heavy (non-hydrogen) atoms. The first-order valence-corrected chi connectivity index (χ1v) is 7.63. The number of aliphatic hydroxyl groups excluding tert-OH is 1. The largest absolute Gasteiger partial charge is 0.494 e. The smallest absolute Gasteiger partial charge is 0.145 e. The summed E-state index contributed by atoms with van der Waals surface area (Å²) in [5.74, 6) is 1.71. The van der Waals surface area contributed by atoms with Gasteiger partial charge in [0.2, 0.25) is 0 Å². The number of anilines is 1. The van der Waals surface area contributed by atoms with Crippen LogP contribution >= 0.6 is 0 Å². The summed E-state index contributed by atoms with van der Waals surface area (Å²) < 4.78 is 7.29. The number of fused-ring (bicyclic) bond motifs is 2. The van der Waals surface area contributed by atoms with E-state index in [1.807, 2.05) is 35.1 Å². The van der Waals surface area contributed by atoms with Crippen molar-refractivity contribution >= 4 is 16.7 Å². The molecule has 1 aliphatic rings. The second kappa shape index (κ2) is 5.55. The van der Waals surface area contributed by atoms with Gasteiger partial charge in [-0.2, -0.15) is 5.10 Å². The fourth-order valence-corrected chi connectivity index (χ4v) is 3.11. The van der Waals surface area contributed by atoms with Crippen molar-refractivity contribution in [3.8, 4) is 5.75 Å². The van der Waals surface area contributed by atoms with Crippen molar-refractivity contribution in [3.05, 3.63) is 47.8 Å². The van der Waals surface area contributed by atoms with E-state index < -0.39 is 0 Å². The molecule has 0 aliphatic carbocycles. The van der Waals surface area contributed by atoms with E-state index in [0.717, 1.165) is 41.3 Å². The van der Waals surface area contributed by atoms with Gasteiger partial charge in [-0.25, -0.2) is 4.98 Å². The second-order valence-corrected chi connectivity index (χ2v) is 5.62. The van der Waals surface area contributed by atoms with Crippen LogP contribution in [0.5, 0.6) is 5.75 Å². The predicted octanol–water partition coefficient (Wildman–Crippen LogP) is 1.95. The van der Waals surface area contributed by atoms with Crippen LogP contribution in [0.4, 0.5) is 5.82 Å². The van der Waals surface area contributed by atoms with Gasteiger partial charge in [0.05, 0.1) is 38.7 Å². The Kier molecular flexibility index (Phi) is 3.38. The van der Waals surface area contributed by atoms with Crippen molar-refractivity contribution in [2.75, 3.05) is 18.6 Å². The lowest BCUT2D eigenvalue weighted by molar-refractivity contribution is 0.267. The number of ether oxygens (including phenoxy) is 1. The number of pyridine rings is 1. The second-order valence-electron chi connectivity index (χ2n) is 5.62. The molecule has 0 saturated heterocycles. The van der Waals surface area contributed by atoms with Crippen molar-refractivity contribution in [3.63, 3.8) is 0 Å². The van der Waals surface area contributed by atoms with Crippen LogP contribution in [0.2, 0.25) is 0 Å². The third-order valence-corrected chi connectivity index (χ3v) is 4.26. The summed E-state index contributed by atoms with van der Waals surface area (Å²) >= 11 is 0. The Labute approximate surface area is 133 Å². The normalized spacial score (nSPS) is 13.6.